The van der Waals surface area contributed by atoms with E-state index in [1.165, 1.54) is 30.3 Å². The zero-order valence-electron chi connectivity index (χ0n) is 16.0. The largest absolute Gasteiger partial charge is 0.463 e. The molecule has 1 aromatic rings. The molecule has 154 valence electrons. The average molecular weight is 429 g/mol. The highest BCUT2D eigenvalue weighted by atomic mass is 35.5. The Balaban J connectivity index is 2.41. The second-order valence-corrected chi connectivity index (χ2v) is 8.88. The smallest absolute Gasteiger partial charge is 0.330 e. The van der Waals surface area contributed by atoms with Gasteiger partial charge in [0.05, 0.1) is 11.5 Å². The fraction of sp³-hybridized carbons (Fsp3) is 0.474. The van der Waals surface area contributed by atoms with Crippen LogP contribution < -0.4 is 5.32 Å². The van der Waals surface area contributed by atoms with Crippen LogP contribution in [0.1, 0.15) is 33.1 Å². The maximum atomic E-state index is 13.3. The molecule has 9 heteroatoms. The first-order chi connectivity index (χ1) is 13.3. The molecule has 0 spiro atoms. The molecule has 7 nitrogen and oxygen atoms in total. The second-order valence-electron chi connectivity index (χ2n) is 6.55. The van der Waals surface area contributed by atoms with Crippen molar-refractivity contribution in [2.24, 2.45) is 0 Å². The quantitative estimate of drug-likeness (QED) is 0.532. The van der Waals surface area contributed by atoms with Gasteiger partial charge in [0.1, 0.15) is 6.04 Å². The maximum Gasteiger partial charge on any atom is 0.330 e. The van der Waals surface area contributed by atoms with Crippen molar-refractivity contribution < 1.29 is 22.7 Å². The molecule has 0 bridgehead atoms. The first kappa shape index (κ1) is 22.4. The summed E-state index contributed by atoms with van der Waals surface area (Å²) in [6.45, 7) is 3.97. The van der Waals surface area contributed by atoms with Gasteiger partial charge in [0.25, 0.3) is 0 Å². The van der Waals surface area contributed by atoms with Gasteiger partial charge in [-0.05, 0) is 57.4 Å². The van der Waals surface area contributed by atoms with Crippen molar-refractivity contribution in [2.45, 2.75) is 44.0 Å². The fourth-order valence-electron chi connectivity index (χ4n) is 2.98. The first-order valence-corrected chi connectivity index (χ1v) is 11.0. The molecule has 1 amide bonds. The van der Waals surface area contributed by atoms with Crippen molar-refractivity contribution in [1.82, 2.24) is 9.62 Å². The number of amides is 1. The zero-order chi connectivity index (χ0) is 20.7. The van der Waals surface area contributed by atoms with Crippen molar-refractivity contribution >= 4 is 33.5 Å². The third kappa shape index (κ3) is 5.80. The van der Waals surface area contributed by atoms with E-state index >= 15 is 0 Å². The molecule has 28 heavy (non-hydrogen) atoms. The molecular formula is C19H25ClN2O5S. The van der Waals surface area contributed by atoms with Crippen LogP contribution in [0.5, 0.6) is 0 Å². The topological polar surface area (TPSA) is 92.8 Å². The summed E-state index contributed by atoms with van der Waals surface area (Å²) in [7, 11) is -3.99. The summed E-state index contributed by atoms with van der Waals surface area (Å²) in [5, 5.41) is 3.18. The van der Waals surface area contributed by atoms with E-state index in [1.807, 2.05) is 0 Å². The van der Waals surface area contributed by atoms with Crippen LogP contribution in [0.3, 0.4) is 0 Å². The van der Waals surface area contributed by atoms with Crippen molar-refractivity contribution in [1.29, 1.82) is 0 Å². The lowest BCUT2D eigenvalue weighted by atomic mass is 10.1. The Labute approximate surface area is 170 Å². The van der Waals surface area contributed by atoms with Gasteiger partial charge in [0.15, 0.2) is 0 Å². The Bertz CT molecular complexity index is 836. The fourth-order valence-corrected chi connectivity index (χ4v) is 4.77. The minimum Gasteiger partial charge on any atom is -0.463 e. The molecule has 0 unspecified atom stereocenters. The van der Waals surface area contributed by atoms with Crippen LogP contribution >= 0.6 is 11.6 Å². The van der Waals surface area contributed by atoms with Gasteiger partial charge in [-0.1, -0.05) is 17.2 Å². The van der Waals surface area contributed by atoms with E-state index in [2.05, 4.69) is 5.32 Å². The predicted molar refractivity (Wildman–Crippen MR) is 106 cm³/mol. The van der Waals surface area contributed by atoms with Crippen LogP contribution in [0, 0.1) is 0 Å². The highest BCUT2D eigenvalue weighted by molar-refractivity contribution is 7.89. The molecule has 1 saturated heterocycles. The van der Waals surface area contributed by atoms with Gasteiger partial charge in [-0.25, -0.2) is 13.2 Å². The molecule has 1 aliphatic heterocycles. The van der Waals surface area contributed by atoms with Crippen LogP contribution in [0.25, 0.3) is 0 Å². The Hall–Kier alpha value is -1.90. The van der Waals surface area contributed by atoms with E-state index in [0.717, 1.165) is 17.1 Å². The number of hydrogen-bond acceptors (Lipinski definition) is 5. The Morgan fingerprint density at radius 2 is 2.00 bits per heavy atom. The maximum absolute atomic E-state index is 13.3. The molecule has 1 fully saturated rings. The minimum absolute atomic E-state index is 0.0397. The summed E-state index contributed by atoms with van der Waals surface area (Å²) >= 11 is 5.87. The molecular weight excluding hydrogens is 404 g/mol. The van der Waals surface area contributed by atoms with Crippen molar-refractivity contribution in [3.8, 4) is 0 Å². The summed E-state index contributed by atoms with van der Waals surface area (Å²) in [6, 6.07) is 4.93. The molecule has 1 heterocycles. The van der Waals surface area contributed by atoms with Crippen LogP contribution in [0.2, 0.25) is 5.02 Å². The van der Waals surface area contributed by atoms with Gasteiger partial charge in [-0.3, -0.25) is 4.79 Å². The van der Waals surface area contributed by atoms with Crippen molar-refractivity contribution in [2.75, 3.05) is 19.7 Å². The van der Waals surface area contributed by atoms with E-state index in [-0.39, 0.29) is 24.0 Å². The SMILES string of the molecule is CCOC(=O)/C=C(\C)CN([C@@H]1CCCCNC1=O)S(=O)(=O)c1ccc(Cl)cc1. The van der Waals surface area contributed by atoms with Crippen molar-refractivity contribution in [3.05, 3.63) is 40.9 Å². The van der Waals surface area contributed by atoms with E-state index in [4.69, 9.17) is 16.3 Å². The number of ether oxygens (including phenoxy) is 1. The van der Waals surface area contributed by atoms with Gasteiger partial charge in [-0.15, -0.1) is 0 Å². The highest BCUT2D eigenvalue weighted by Gasteiger charge is 2.36. The number of halogens is 1. The summed E-state index contributed by atoms with van der Waals surface area (Å²) in [4.78, 5) is 24.3. The highest BCUT2D eigenvalue weighted by Crippen LogP contribution is 2.24. The lowest BCUT2D eigenvalue weighted by Crippen LogP contribution is -2.49. The average Bonchev–Trinajstić information content (AvgIpc) is 2.84. The molecule has 0 saturated carbocycles. The predicted octanol–water partition coefficient (Wildman–Crippen LogP) is 2.51. The van der Waals surface area contributed by atoms with Gasteiger partial charge < -0.3 is 10.1 Å². The lowest BCUT2D eigenvalue weighted by molar-refractivity contribution is -0.137. The standard InChI is InChI=1S/C19H25ClN2O5S/c1-3-27-18(23)12-14(2)13-22(17-6-4-5-11-21-19(17)24)28(25,26)16-9-7-15(20)8-10-16/h7-10,12,17H,3-6,11,13H2,1-2H3,(H,21,24)/b14-12+/t17-/m1/s1. The van der Waals surface area contributed by atoms with Gasteiger partial charge in [0.2, 0.25) is 15.9 Å². The Morgan fingerprint density at radius 1 is 1.32 bits per heavy atom. The zero-order valence-corrected chi connectivity index (χ0v) is 17.6. The monoisotopic (exact) mass is 428 g/mol. The van der Waals surface area contributed by atoms with Crippen LogP contribution in [-0.4, -0.2) is 50.3 Å². The summed E-state index contributed by atoms with van der Waals surface area (Å²) in [5.74, 6) is -0.881. The summed E-state index contributed by atoms with van der Waals surface area (Å²) < 4.78 is 32.7. The van der Waals surface area contributed by atoms with E-state index < -0.39 is 22.0 Å². The van der Waals surface area contributed by atoms with Gasteiger partial charge in [0, 0.05) is 24.2 Å². The third-order valence-corrected chi connectivity index (χ3v) is 6.45. The Kier molecular flexibility index (Phi) is 8.03. The second kappa shape index (κ2) is 10.0. The first-order valence-electron chi connectivity index (χ1n) is 9.14. The molecule has 1 N–H and O–H groups in total. The van der Waals surface area contributed by atoms with Crippen molar-refractivity contribution in [3.63, 3.8) is 0 Å². The number of nitrogens with zero attached hydrogens (tertiary/aromatic N) is 1. The van der Waals surface area contributed by atoms with Crippen LogP contribution in [0.15, 0.2) is 40.8 Å². The number of carbonyl (C=O) groups excluding carboxylic acids is 2. The van der Waals surface area contributed by atoms with Crippen LogP contribution in [0.4, 0.5) is 0 Å². The number of sulfonamides is 1. The molecule has 0 aromatic heterocycles. The normalized spacial score (nSPS) is 18.5. The molecule has 1 aromatic carbocycles. The number of carbonyl (C=O) groups is 2. The molecule has 0 radical (unpaired) electrons. The molecule has 2 rings (SSSR count). The lowest BCUT2D eigenvalue weighted by Gasteiger charge is -2.29. The van der Waals surface area contributed by atoms with Gasteiger partial charge in [-0.2, -0.15) is 4.31 Å². The molecule has 1 aliphatic rings. The number of nitrogens with one attached hydrogen (secondary N) is 1. The summed E-state index contributed by atoms with van der Waals surface area (Å²) in [6.07, 6.45) is 3.17. The van der Waals surface area contributed by atoms with E-state index in [9.17, 15) is 18.0 Å². The number of esters is 1. The van der Waals surface area contributed by atoms with E-state index in [1.54, 1.807) is 13.8 Å². The molecule has 1 atom stereocenters. The van der Waals surface area contributed by atoms with Crippen LogP contribution in [-0.2, 0) is 24.3 Å². The van der Waals surface area contributed by atoms with E-state index in [0.29, 0.717) is 23.6 Å². The third-order valence-electron chi connectivity index (χ3n) is 4.33. The summed E-state index contributed by atoms with van der Waals surface area (Å²) in [5.41, 5.74) is 0.480. The molecule has 0 aliphatic carbocycles. The van der Waals surface area contributed by atoms with Gasteiger partial charge >= 0.3 is 5.97 Å². The number of rotatable bonds is 7. The number of hydrogen-bond donors (Lipinski definition) is 1. The number of benzene rings is 1. The minimum atomic E-state index is -3.99. The Morgan fingerprint density at radius 3 is 2.64 bits per heavy atom.